The summed E-state index contributed by atoms with van der Waals surface area (Å²) in [4.78, 5) is 23.5. The number of amides is 1. The summed E-state index contributed by atoms with van der Waals surface area (Å²) in [6, 6.07) is 9.40. The Labute approximate surface area is 111 Å². The lowest BCUT2D eigenvalue weighted by molar-refractivity contribution is -0.142. The maximum absolute atomic E-state index is 11.9. The van der Waals surface area contributed by atoms with E-state index in [9.17, 15) is 9.59 Å². The number of nitriles is 1. The Bertz CT molecular complexity index is 517. The van der Waals surface area contributed by atoms with Gasteiger partial charge in [0.2, 0.25) is 0 Å². The van der Waals surface area contributed by atoms with Crippen LogP contribution in [-0.2, 0) is 9.53 Å². The van der Waals surface area contributed by atoms with Crippen LogP contribution in [0.2, 0.25) is 0 Å². The van der Waals surface area contributed by atoms with Gasteiger partial charge in [0.15, 0.2) is 0 Å². The molecule has 0 heterocycles. The van der Waals surface area contributed by atoms with Crippen LogP contribution in [0.1, 0.15) is 16.8 Å². The predicted octanol–water partition coefficient (Wildman–Crippen LogP) is 1.43. The van der Waals surface area contributed by atoms with Crippen LogP contribution in [0.3, 0.4) is 0 Å². The van der Waals surface area contributed by atoms with Crippen molar-refractivity contribution in [2.24, 2.45) is 0 Å². The number of nitrogens with zero attached hydrogens (tertiary/aromatic N) is 1. The molecule has 0 radical (unpaired) electrons. The molecule has 1 rings (SSSR count). The topological polar surface area (TPSA) is 79.2 Å². The molecule has 0 saturated carbocycles. The molecule has 0 saturated heterocycles. The van der Waals surface area contributed by atoms with Crippen molar-refractivity contribution in [2.75, 3.05) is 7.11 Å². The zero-order chi connectivity index (χ0) is 14.3. The summed E-state index contributed by atoms with van der Waals surface area (Å²) in [6.07, 6.45) is 0.0295. The third-order valence-corrected chi connectivity index (χ3v) is 2.44. The largest absolute Gasteiger partial charge is 0.467 e. The molecule has 5 heteroatoms. The molecule has 1 aromatic carbocycles. The number of esters is 1. The summed E-state index contributed by atoms with van der Waals surface area (Å²) < 4.78 is 4.59. The highest BCUT2D eigenvalue weighted by Gasteiger charge is 2.22. The van der Waals surface area contributed by atoms with Crippen molar-refractivity contribution >= 4 is 11.9 Å². The number of hydrogen-bond donors (Lipinski definition) is 1. The standard InChI is InChI=1S/C14H14N2O3/c1-10(9-15)8-12(14(18)19-2)16-13(17)11-6-4-3-5-7-11/h3-7,12H,1,8H2,2H3,(H,16,17). The van der Waals surface area contributed by atoms with Crippen molar-refractivity contribution in [3.05, 3.63) is 48.0 Å². The van der Waals surface area contributed by atoms with Crippen LogP contribution < -0.4 is 5.32 Å². The number of hydrogen-bond acceptors (Lipinski definition) is 4. The van der Waals surface area contributed by atoms with E-state index in [0.717, 1.165) is 0 Å². The number of rotatable bonds is 5. The van der Waals surface area contributed by atoms with E-state index in [-0.39, 0.29) is 12.0 Å². The molecule has 1 atom stereocenters. The van der Waals surface area contributed by atoms with Gasteiger partial charge < -0.3 is 10.1 Å². The van der Waals surface area contributed by atoms with Gasteiger partial charge in [-0.05, 0) is 12.1 Å². The van der Waals surface area contributed by atoms with Gasteiger partial charge in [0, 0.05) is 17.6 Å². The molecular weight excluding hydrogens is 244 g/mol. The van der Waals surface area contributed by atoms with Gasteiger partial charge in [-0.1, -0.05) is 24.8 Å². The second kappa shape index (κ2) is 6.97. The van der Waals surface area contributed by atoms with Crippen LogP contribution in [0, 0.1) is 11.3 Å². The lowest BCUT2D eigenvalue weighted by Crippen LogP contribution is -2.41. The van der Waals surface area contributed by atoms with Gasteiger partial charge in [-0.15, -0.1) is 0 Å². The number of methoxy groups -OCH3 is 1. The Morgan fingerprint density at radius 1 is 1.42 bits per heavy atom. The van der Waals surface area contributed by atoms with E-state index in [2.05, 4.69) is 16.6 Å². The van der Waals surface area contributed by atoms with Gasteiger partial charge in [0.1, 0.15) is 6.04 Å². The molecule has 1 aromatic rings. The second-order valence-corrected chi connectivity index (χ2v) is 3.83. The van der Waals surface area contributed by atoms with E-state index in [1.807, 2.05) is 6.07 Å². The fourth-order valence-corrected chi connectivity index (χ4v) is 1.46. The highest BCUT2D eigenvalue weighted by molar-refractivity contribution is 5.96. The monoisotopic (exact) mass is 258 g/mol. The molecule has 1 N–H and O–H groups in total. The fraction of sp³-hybridized carbons (Fsp3) is 0.214. The Hall–Kier alpha value is -2.61. The van der Waals surface area contributed by atoms with Crippen molar-refractivity contribution < 1.29 is 14.3 Å². The normalized spacial score (nSPS) is 10.9. The number of carbonyl (C=O) groups excluding carboxylic acids is 2. The highest BCUT2D eigenvalue weighted by Crippen LogP contribution is 2.06. The number of nitrogens with one attached hydrogen (secondary N) is 1. The summed E-state index contributed by atoms with van der Waals surface area (Å²) in [5.74, 6) is -1.01. The zero-order valence-corrected chi connectivity index (χ0v) is 10.6. The summed E-state index contributed by atoms with van der Waals surface area (Å²) in [5.41, 5.74) is 0.628. The molecule has 0 spiro atoms. The summed E-state index contributed by atoms with van der Waals surface area (Å²) in [7, 11) is 1.22. The first-order chi connectivity index (χ1) is 9.08. The van der Waals surface area contributed by atoms with E-state index in [4.69, 9.17) is 5.26 Å². The molecule has 0 aliphatic rings. The molecule has 1 amide bonds. The average molecular weight is 258 g/mol. The van der Waals surface area contributed by atoms with E-state index in [1.54, 1.807) is 30.3 Å². The zero-order valence-electron chi connectivity index (χ0n) is 10.6. The van der Waals surface area contributed by atoms with Gasteiger partial charge in [0.05, 0.1) is 13.2 Å². The smallest absolute Gasteiger partial charge is 0.328 e. The summed E-state index contributed by atoms with van der Waals surface area (Å²) in [5, 5.41) is 11.2. The third kappa shape index (κ3) is 4.28. The predicted molar refractivity (Wildman–Crippen MR) is 69.1 cm³/mol. The van der Waals surface area contributed by atoms with Crippen LogP contribution in [0.25, 0.3) is 0 Å². The van der Waals surface area contributed by atoms with Crippen LogP contribution in [0.4, 0.5) is 0 Å². The quantitative estimate of drug-likeness (QED) is 0.640. The van der Waals surface area contributed by atoms with Crippen LogP contribution >= 0.6 is 0 Å². The molecule has 1 unspecified atom stereocenters. The second-order valence-electron chi connectivity index (χ2n) is 3.83. The van der Waals surface area contributed by atoms with Crippen molar-refractivity contribution in [3.63, 3.8) is 0 Å². The molecule has 0 aliphatic carbocycles. The van der Waals surface area contributed by atoms with E-state index >= 15 is 0 Å². The molecule has 0 aromatic heterocycles. The molecule has 98 valence electrons. The van der Waals surface area contributed by atoms with E-state index in [1.165, 1.54) is 7.11 Å². The molecule has 5 nitrogen and oxygen atoms in total. The van der Waals surface area contributed by atoms with Crippen LogP contribution in [-0.4, -0.2) is 25.0 Å². The Morgan fingerprint density at radius 3 is 2.58 bits per heavy atom. The third-order valence-electron chi connectivity index (χ3n) is 2.44. The summed E-state index contributed by atoms with van der Waals surface area (Å²) >= 11 is 0. The highest BCUT2D eigenvalue weighted by atomic mass is 16.5. The molecule has 19 heavy (non-hydrogen) atoms. The van der Waals surface area contributed by atoms with Crippen molar-refractivity contribution in [3.8, 4) is 6.07 Å². The number of ether oxygens (including phenoxy) is 1. The minimum Gasteiger partial charge on any atom is -0.467 e. The van der Waals surface area contributed by atoms with Crippen molar-refractivity contribution in [2.45, 2.75) is 12.5 Å². The lowest BCUT2D eigenvalue weighted by atomic mass is 10.1. The fourth-order valence-electron chi connectivity index (χ4n) is 1.46. The van der Waals surface area contributed by atoms with Crippen molar-refractivity contribution in [1.82, 2.24) is 5.32 Å². The number of benzene rings is 1. The van der Waals surface area contributed by atoms with Crippen molar-refractivity contribution in [1.29, 1.82) is 5.26 Å². The SMILES string of the molecule is C=C(C#N)CC(NC(=O)c1ccccc1)C(=O)OC. The average Bonchev–Trinajstić information content (AvgIpc) is 2.46. The summed E-state index contributed by atoms with van der Waals surface area (Å²) in [6.45, 7) is 3.49. The Morgan fingerprint density at radius 2 is 2.05 bits per heavy atom. The van der Waals surface area contributed by atoms with Gasteiger partial charge >= 0.3 is 5.97 Å². The lowest BCUT2D eigenvalue weighted by Gasteiger charge is -2.15. The Kier molecular flexibility index (Phi) is 5.30. The van der Waals surface area contributed by atoms with Gasteiger partial charge in [-0.2, -0.15) is 5.26 Å². The molecule has 0 aliphatic heterocycles. The first kappa shape index (κ1) is 14.5. The van der Waals surface area contributed by atoms with Gasteiger partial charge in [0.25, 0.3) is 5.91 Å². The van der Waals surface area contributed by atoms with E-state index in [0.29, 0.717) is 5.56 Å². The van der Waals surface area contributed by atoms with Gasteiger partial charge in [-0.3, -0.25) is 4.79 Å². The van der Waals surface area contributed by atoms with Gasteiger partial charge in [-0.25, -0.2) is 4.79 Å². The maximum Gasteiger partial charge on any atom is 0.328 e. The van der Waals surface area contributed by atoms with Crippen LogP contribution in [0.15, 0.2) is 42.5 Å². The number of carbonyl (C=O) groups is 2. The Balaban J connectivity index is 2.78. The minimum absolute atomic E-state index is 0.0295. The van der Waals surface area contributed by atoms with E-state index < -0.39 is 17.9 Å². The first-order valence-electron chi connectivity index (χ1n) is 5.60. The van der Waals surface area contributed by atoms with Crippen LogP contribution in [0.5, 0.6) is 0 Å². The first-order valence-corrected chi connectivity index (χ1v) is 5.60. The molecular formula is C14H14N2O3. The maximum atomic E-state index is 11.9. The molecule has 0 bridgehead atoms. The minimum atomic E-state index is -0.912. The molecule has 0 fully saturated rings.